The van der Waals surface area contributed by atoms with Crippen LogP contribution >= 0.6 is 15.9 Å². The van der Waals surface area contributed by atoms with Crippen molar-refractivity contribution in [2.24, 2.45) is 5.92 Å². The lowest BCUT2D eigenvalue weighted by Crippen LogP contribution is -2.41. The molecule has 7 heteroatoms. The molecule has 0 bridgehead atoms. The molecule has 1 unspecified atom stereocenters. The molecule has 1 aromatic rings. The lowest BCUT2D eigenvalue weighted by molar-refractivity contribution is -0.187. The van der Waals surface area contributed by atoms with Gasteiger partial charge in [-0.3, -0.25) is 4.90 Å². The summed E-state index contributed by atoms with van der Waals surface area (Å²) in [7, 11) is 1.29. The first-order valence-corrected chi connectivity index (χ1v) is 7.77. The Morgan fingerprint density at radius 2 is 2.18 bits per heavy atom. The van der Waals surface area contributed by atoms with Crippen LogP contribution in [0, 0.1) is 5.92 Å². The third-order valence-electron chi connectivity index (χ3n) is 3.87. The van der Waals surface area contributed by atoms with Crippen molar-refractivity contribution in [2.45, 2.75) is 25.6 Å². The minimum absolute atomic E-state index is 0.0363. The summed E-state index contributed by atoms with van der Waals surface area (Å²) in [4.78, 5) is 13.6. The normalized spacial score (nSPS) is 20.0. The Hall–Kier alpha value is -1.08. The maximum Gasteiger partial charge on any atom is 0.393 e. The Morgan fingerprint density at radius 3 is 2.82 bits per heavy atom. The lowest BCUT2D eigenvalue weighted by atomic mass is 9.96. The highest BCUT2D eigenvalue weighted by Crippen LogP contribution is 2.34. The highest BCUT2D eigenvalue weighted by atomic mass is 79.9. The van der Waals surface area contributed by atoms with E-state index in [0.29, 0.717) is 35.1 Å². The molecule has 1 aliphatic rings. The fourth-order valence-corrected chi connectivity index (χ4v) is 3.20. The van der Waals surface area contributed by atoms with Gasteiger partial charge in [0.1, 0.15) is 0 Å². The number of piperidine rings is 1. The van der Waals surface area contributed by atoms with Gasteiger partial charge < -0.3 is 4.74 Å². The van der Waals surface area contributed by atoms with Crippen molar-refractivity contribution < 1.29 is 22.7 Å². The van der Waals surface area contributed by atoms with Crippen molar-refractivity contribution in [3.8, 4) is 0 Å². The number of carbonyl (C=O) groups excluding carboxylic acids is 1. The number of halogens is 4. The molecule has 0 saturated carbocycles. The van der Waals surface area contributed by atoms with Gasteiger partial charge >= 0.3 is 12.1 Å². The van der Waals surface area contributed by atoms with Crippen LogP contribution in [0.2, 0.25) is 0 Å². The molecule has 2 rings (SSSR count). The van der Waals surface area contributed by atoms with Crippen molar-refractivity contribution in [3.05, 3.63) is 33.8 Å². The third-order valence-corrected chi connectivity index (χ3v) is 4.62. The summed E-state index contributed by atoms with van der Waals surface area (Å²) in [6.45, 7) is 0.846. The van der Waals surface area contributed by atoms with Crippen LogP contribution < -0.4 is 0 Å². The van der Waals surface area contributed by atoms with Gasteiger partial charge in [-0.2, -0.15) is 13.2 Å². The summed E-state index contributed by atoms with van der Waals surface area (Å²) < 4.78 is 44.1. The molecule has 0 aliphatic carbocycles. The number of nitrogens with zero attached hydrogens (tertiary/aromatic N) is 1. The molecule has 0 N–H and O–H groups in total. The van der Waals surface area contributed by atoms with Gasteiger partial charge in [-0.05, 0) is 37.1 Å². The van der Waals surface area contributed by atoms with E-state index in [1.807, 2.05) is 0 Å². The van der Waals surface area contributed by atoms with Crippen LogP contribution in [0.15, 0.2) is 22.7 Å². The molecule has 1 atom stereocenters. The quantitative estimate of drug-likeness (QED) is 0.743. The monoisotopic (exact) mass is 379 g/mol. The number of methoxy groups -OCH3 is 1. The fourth-order valence-electron chi connectivity index (χ4n) is 2.71. The maximum atomic E-state index is 12.9. The molecule has 1 fully saturated rings. The molecule has 1 aliphatic heterocycles. The Labute approximate surface area is 135 Å². The minimum Gasteiger partial charge on any atom is -0.465 e. The van der Waals surface area contributed by atoms with Crippen LogP contribution in [0.1, 0.15) is 28.8 Å². The summed E-state index contributed by atoms with van der Waals surface area (Å²) in [6.07, 6.45) is -3.50. The second-order valence-electron chi connectivity index (χ2n) is 5.37. The van der Waals surface area contributed by atoms with Crippen LogP contribution in [0.25, 0.3) is 0 Å². The Bertz CT molecular complexity index is 548. The van der Waals surface area contributed by atoms with Crippen LogP contribution in [0.4, 0.5) is 13.2 Å². The second kappa shape index (κ2) is 7.00. The molecule has 0 aromatic heterocycles. The minimum atomic E-state index is -4.17. The molecule has 0 amide bonds. The number of hydrogen-bond donors (Lipinski definition) is 0. The van der Waals surface area contributed by atoms with Gasteiger partial charge in [-0.1, -0.05) is 22.0 Å². The van der Waals surface area contributed by atoms with Crippen molar-refractivity contribution in [2.75, 3.05) is 20.2 Å². The van der Waals surface area contributed by atoms with Gasteiger partial charge in [0.2, 0.25) is 0 Å². The second-order valence-corrected chi connectivity index (χ2v) is 6.23. The van der Waals surface area contributed by atoms with E-state index in [1.54, 1.807) is 23.1 Å². The first-order valence-electron chi connectivity index (χ1n) is 6.97. The van der Waals surface area contributed by atoms with Crippen molar-refractivity contribution in [3.63, 3.8) is 0 Å². The van der Waals surface area contributed by atoms with Crippen molar-refractivity contribution in [1.82, 2.24) is 4.90 Å². The van der Waals surface area contributed by atoms with E-state index in [9.17, 15) is 18.0 Å². The van der Waals surface area contributed by atoms with Gasteiger partial charge in [0.05, 0.1) is 18.6 Å². The number of alkyl halides is 3. The summed E-state index contributed by atoms with van der Waals surface area (Å²) in [5, 5.41) is 0. The topological polar surface area (TPSA) is 29.5 Å². The van der Waals surface area contributed by atoms with E-state index in [1.165, 1.54) is 7.11 Å². The summed E-state index contributed by atoms with van der Waals surface area (Å²) in [5.41, 5.74) is 1.04. The average molecular weight is 380 g/mol. The smallest absolute Gasteiger partial charge is 0.393 e. The first kappa shape index (κ1) is 17.3. The zero-order chi connectivity index (χ0) is 16.3. The van der Waals surface area contributed by atoms with Crippen LogP contribution in [0.3, 0.4) is 0 Å². The zero-order valence-corrected chi connectivity index (χ0v) is 13.7. The maximum absolute atomic E-state index is 12.9. The Morgan fingerprint density at radius 1 is 1.45 bits per heavy atom. The number of benzene rings is 1. The molecule has 0 spiro atoms. The third kappa shape index (κ3) is 4.01. The molecular weight excluding hydrogens is 363 g/mol. The number of rotatable bonds is 3. The van der Waals surface area contributed by atoms with Gasteiger partial charge in [0.15, 0.2) is 0 Å². The van der Waals surface area contributed by atoms with E-state index in [-0.39, 0.29) is 13.0 Å². The Balaban J connectivity index is 2.18. The Kier molecular flexibility index (Phi) is 5.50. The van der Waals surface area contributed by atoms with E-state index < -0.39 is 18.1 Å². The fraction of sp³-hybridized carbons (Fsp3) is 0.533. The zero-order valence-electron chi connectivity index (χ0n) is 12.1. The van der Waals surface area contributed by atoms with Gasteiger partial charge in [0.25, 0.3) is 0 Å². The highest BCUT2D eigenvalue weighted by molar-refractivity contribution is 9.10. The number of hydrogen-bond acceptors (Lipinski definition) is 3. The van der Waals surface area contributed by atoms with Crippen LogP contribution in [-0.4, -0.2) is 37.2 Å². The van der Waals surface area contributed by atoms with Gasteiger partial charge in [0, 0.05) is 17.6 Å². The van der Waals surface area contributed by atoms with E-state index >= 15 is 0 Å². The molecule has 1 aromatic carbocycles. The van der Waals surface area contributed by atoms with Crippen LogP contribution in [-0.2, 0) is 11.3 Å². The molecule has 1 heterocycles. The molecule has 3 nitrogen and oxygen atoms in total. The van der Waals surface area contributed by atoms with Crippen LogP contribution in [0.5, 0.6) is 0 Å². The average Bonchev–Trinajstić information content (AvgIpc) is 2.48. The van der Waals surface area contributed by atoms with Crippen molar-refractivity contribution in [1.29, 1.82) is 0 Å². The van der Waals surface area contributed by atoms with E-state index in [0.717, 1.165) is 0 Å². The van der Waals surface area contributed by atoms with E-state index in [4.69, 9.17) is 4.74 Å². The van der Waals surface area contributed by atoms with Crippen molar-refractivity contribution >= 4 is 21.9 Å². The molecular formula is C15H17BrF3NO2. The molecule has 122 valence electrons. The lowest BCUT2D eigenvalue weighted by Gasteiger charge is -2.34. The predicted octanol–water partition coefficient (Wildman–Crippen LogP) is 4.01. The highest BCUT2D eigenvalue weighted by Gasteiger charge is 2.41. The predicted molar refractivity (Wildman–Crippen MR) is 79.5 cm³/mol. The standard InChI is InChI=1S/C15H17BrF3NO2/c1-22-14(21)11-5-2-6-13(16)12(11)9-20-7-3-4-10(8-20)15(17,18)19/h2,5-6,10H,3-4,7-9H2,1H3. The van der Waals surface area contributed by atoms with Gasteiger partial charge in [-0.25, -0.2) is 4.79 Å². The summed E-state index contributed by atoms with van der Waals surface area (Å²) in [5.74, 6) is -1.79. The van der Waals surface area contributed by atoms with E-state index in [2.05, 4.69) is 15.9 Å². The number of ether oxygens (including phenoxy) is 1. The number of esters is 1. The van der Waals surface area contributed by atoms with Gasteiger partial charge in [-0.15, -0.1) is 0 Å². The largest absolute Gasteiger partial charge is 0.465 e. The molecule has 0 radical (unpaired) electrons. The summed E-state index contributed by atoms with van der Waals surface area (Å²) >= 11 is 3.37. The molecule has 22 heavy (non-hydrogen) atoms. The number of carbonyl (C=O) groups is 1. The number of likely N-dealkylation sites (tertiary alicyclic amines) is 1. The molecule has 1 saturated heterocycles. The SMILES string of the molecule is COC(=O)c1cccc(Br)c1CN1CCCC(C(F)(F)F)C1. The first-order chi connectivity index (χ1) is 10.3. The summed E-state index contributed by atoms with van der Waals surface area (Å²) in [6, 6.07) is 5.10.